The molecule has 8 aromatic rings. The van der Waals surface area contributed by atoms with Crippen molar-refractivity contribution in [3.8, 4) is 44.5 Å². The maximum Gasteiger partial charge on any atom is 0.131 e. The van der Waals surface area contributed by atoms with Crippen LogP contribution in [0.4, 0.5) is 21.5 Å². The van der Waals surface area contributed by atoms with Crippen LogP contribution < -0.4 is 4.90 Å². The minimum atomic E-state index is -0.205. The predicted octanol–water partition coefficient (Wildman–Crippen LogP) is 15.8. The van der Waals surface area contributed by atoms with Gasteiger partial charge in [-0.25, -0.2) is 4.39 Å². The third-order valence-electron chi connectivity index (χ3n) is 16.1. The number of anilines is 3. The average Bonchev–Trinajstić information content (AvgIpc) is 3.71. The van der Waals surface area contributed by atoms with Gasteiger partial charge in [0.15, 0.2) is 0 Å². The minimum absolute atomic E-state index is 0.107. The van der Waals surface area contributed by atoms with E-state index in [1.807, 2.05) is 18.2 Å². The highest BCUT2D eigenvalue weighted by molar-refractivity contribution is 6.09. The first-order valence-electron chi connectivity index (χ1n) is 22.5. The molecule has 4 saturated carbocycles. The lowest BCUT2D eigenvalue weighted by molar-refractivity contribution is -0.0399. The van der Waals surface area contributed by atoms with E-state index in [1.54, 1.807) is 17.2 Å². The zero-order chi connectivity index (χ0) is 40.6. The molecule has 1 nitrogen and oxygen atoms in total. The van der Waals surface area contributed by atoms with Gasteiger partial charge < -0.3 is 4.90 Å². The fraction of sp³-hybridized carbons (Fsp3) is 0.220. The lowest BCUT2D eigenvalue weighted by Gasteiger charge is -2.61. The quantitative estimate of drug-likeness (QED) is 0.168. The van der Waals surface area contributed by atoms with Crippen LogP contribution >= 0.6 is 0 Å². The summed E-state index contributed by atoms with van der Waals surface area (Å²) in [6.45, 7) is 4.66. The van der Waals surface area contributed by atoms with Crippen LogP contribution in [0.5, 0.6) is 0 Å². The molecule has 6 aliphatic rings. The second-order valence-corrected chi connectivity index (χ2v) is 19.4. The summed E-state index contributed by atoms with van der Waals surface area (Å²) in [5, 5.41) is 1.55. The van der Waals surface area contributed by atoms with Crippen molar-refractivity contribution in [2.45, 2.75) is 56.8 Å². The number of benzene rings is 8. The van der Waals surface area contributed by atoms with Crippen molar-refractivity contribution >= 4 is 27.8 Å². The van der Waals surface area contributed by atoms with E-state index >= 15 is 4.39 Å². The fourth-order valence-electron chi connectivity index (χ4n) is 13.8. The molecule has 0 heterocycles. The van der Waals surface area contributed by atoms with E-state index in [-0.39, 0.29) is 16.6 Å². The molecule has 0 atom stereocenters. The van der Waals surface area contributed by atoms with Crippen LogP contribution in [0.1, 0.15) is 68.2 Å². The van der Waals surface area contributed by atoms with E-state index in [4.69, 9.17) is 0 Å². The minimum Gasteiger partial charge on any atom is -0.310 e. The number of halogens is 1. The summed E-state index contributed by atoms with van der Waals surface area (Å²) >= 11 is 0. The highest BCUT2D eigenvalue weighted by atomic mass is 19.1. The summed E-state index contributed by atoms with van der Waals surface area (Å²) < 4.78 is 16.4. The summed E-state index contributed by atoms with van der Waals surface area (Å²) in [7, 11) is 0. The molecule has 61 heavy (non-hydrogen) atoms. The molecule has 4 fully saturated rings. The zero-order valence-corrected chi connectivity index (χ0v) is 34.8. The van der Waals surface area contributed by atoms with Crippen LogP contribution in [0.2, 0.25) is 0 Å². The lowest BCUT2D eigenvalue weighted by atomic mass is 9.43. The van der Waals surface area contributed by atoms with Crippen LogP contribution in [-0.4, -0.2) is 0 Å². The van der Waals surface area contributed by atoms with Gasteiger partial charge in [0.25, 0.3) is 0 Å². The van der Waals surface area contributed by atoms with E-state index in [0.29, 0.717) is 17.2 Å². The first-order chi connectivity index (χ1) is 29.9. The number of nitrogens with zero attached hydrogens (tertiary/aromatic N) is 1. The van der Waals surface area contributed by atoms with Gasteiger partial charge in [0.1, 0.15) is 5.82 Å². The highest BCUT2D eigenvalue weighted by Crippen LogP contribution is 2.69. The Bertz CT molecular complexity index is 3050. The normalized spacial score (nSPS) is 23.2. The summed E-state index contributed by atoms with van der Waals surface area (Å²) in [5.74, 6) is 3.02. The fourth-order valence-corrected chi connectivity index (χ4v) is 13.8. The van der Waals surface area contributed by atoms with Gasteiger partial charge in [-0.2, -0.15) is 0 Å². The third kappa shape index (κ3) is 4.94. The molecule has 4 bridgehead atoms. The van der Waals surface area contributed by atoms with Crippen molar-refractivity contribution in [2.75, 3.05) is 4.90 Å². The van der Waals surface area contributed by atoms with Crippen molar-refractivity contribution in [3.63, 3.8) is 0 Å². The van der Waals surface area contributed by atoms with E-state index in [1.165, 1.54) is 71.0 Å². The first kappa shape index (κ1) is 35.5. The Labute approximate surface area is 358 Å². The second-order valence-electron chi connectivity index (χ2n) is 19.4. The molecular weight excluding hydrogens is 742 g/mol. The van der Waals surface area contributed by atoms with Crippen molar-refractivity contribution in [2.24, 2.45) is 23.7 Å². The third-order valence-corrected chi connectivity index (χ3v) is 16.1. The van der Waals surface area contributed by atoms with Crippen LogP contribution in [-0.2, 0) is 10.8 Å². The highest BCUT2D eigenvalue weighted by Gasteiger charge is 2.61. The number of rotatable bonds is 5. The van der Waals surface area contributed by atoms with Crippen molar-refractivity contribution in [1.82, 2.24) is 0 Å². The Morgan fingerprint density at radius 1 is 0.443 bits per heavy atom. The molecule has 0 N–H and O–H groups in total. The largest absolute Gasteiger partial charge is 0.310 e. The standard InChI is InChI=1S/C59H48FN/c1-58(2)51-16-8-6-13-46(51)50-35-44(24-27-52(50)58)61(43-22-19-39(20-23-43)38-11-4-3-5-12-38)56-18-10-15-48-55(60)28-25-45(57(48)56)40-21-26-54-49(34-40)47-14-7-9-17-53(47)59(54)41-30-36-29-37(32-41)33-42(59)31-36/h3-28,34-37,41-42H,29-33H2,1-2H3. The van der Waals surface area contributed by atoms with Gasteiger partial charge in [0, 0.05) is 33.0 Å². The van der Waals surface area contributed by atoms with Gasteiger partial charge in [-0.15, -0.1) is 0 Å². The van der Waals surface area contributed by atoms with Crippen molar-refractivity contribution in [3.05, 3.63) is 198 Å². The Hall–Kier alpha value is -6.25. The molecule has 0 radical (unpaired) electrons. The molecule has 6 aliphatic carbocycles. The molecule has 296 valence electrons. The molecule has 0 amide bonds. The van der Waals surface area contributed by atoms with Gasteiger partial charge >= 0.3 is 0 Å². The Kier molecular flexibility index (Phi) is 7.50. The zero-order valence-electron chi connectivity index (χ0n) is 34.8. The molecule has 0 saturated heterocycles. The monoisotopic (exact) mass is 789 g/mol. The molecule has 8 aromatic carbocycles. The Balaban J connectivity index is 1.02. The summed E-state index contributed by atoms with van der Waals surface area (Å²) in [6, 6.07) is 61.8. The van der Waals surface area contributed by atoms with Crippen molar-refractivity contribution in [1.29, 1.82) is 0 Å². The average molecular weight is 790 g/mol. The van der Waals surface area contributed by atoms with E-state index in [2.05, 4.69) is 164 Å². The predicted molar refractivity (Wildman–Crippen MR) is 250 cm³/mol. The lowest BCUT2D eigenvalue weighted by Crippen LogP contribution is -2.55. The number of hydrogen-bond acceptors (Lipinski definition) is 1. The van der Waals surface area contributed by atoms with Gasteiger partial charge in [-0.1, -0.05) is 141 Å². The molecule has 2 heteroatoms. The molecular formula is C59H48FN. The smallest absolute Gasteiger partial charge is 0.131 e. The van der Waals surface area contributed by atoms with E-state index in [0.717, 1.165) is 51.0 Å². The Morgan fingerprint density at radius 3 is 1.77 bits per heavy atom. The molecule has 14 rings (SSSR count). The van der Waals surface area contributed by atoms with E-state index in [9.17, 15) is 0 Å². The second kappa shape index (κ2) is 12.9. The summed E-state index contributed by atoms with van der Waals surface area (Å²) in [6.07, 6.45) is 6.90. The number of hydrogen-bond donors (Lipinski definition) is 0. The van der Waals surface area contributed by atoms with Crippen LogP contribution in [0.25, 0.3) is 55.3 Å². The molecule has 1 spiro atoms. The molecule has 0 aliphatic heterocycles. The van der Waals surface area contributed by atoms with Gasteiger partial charge in [0.2, 0.25) is 0 Å². The topological polar surface area (TPSA) is 3.24 Å². The maximum absolute atomic E-state index is 16.4. The Morgan fingerprint density at radius 2 is 1.02 bits per heavy atom. The van der Waals surface area contributed by atoms with Crippen LogP contribution in [0, 0.1) is 29.5 Å². The van der Waals surface area contributed by atoms with Crippen LogP contribution in [0.3, 0.4) is 0 Å². The van der Waals surface area contributed by atoms with Gasteiger partial charge in [0.05, 0.1) is 5.69 Å². The maximum atomic E-state index is 16.4. The van der Waals surface area contributed by atoms with E-state index < -0.39 is 0 Å². The SMILES string of the molecule is CC1(C)c2ccccc2-c2cc(N(c3ccc(-c4ccccc4)cc3)c3cccc4c(F)ccc(-c5ccc6c(c5)-c5ccccc5C65C6CC7CC(C6)CC5C7)c34)ccc21. The van der Waals surface area contributed by atoms with Gasteiger partial charge in [-0.05, 0) is 165 Å². The summed E-state index contributed by atoms with van der Waals surface area (Å²) in [4.78, 5) is 2.36. The number of fused-ring (bicyclic) bond motifs is 7. The molecule has 0 aromatic heterocycles. The molecule has 0 unspecified atom stereocenters. The van der Waals surface area contributed by atoms with Crippen molar-refractivity contribution < 1.29 is 4.39 Å². The van der Waals surface area contributed by atoms with Gasteiger partial charge in [-0.3, -0.25) is 0 Å². The van der Waals surface area contributed by atoms with Crippen LogP contribution in [0.15, 0.2) is 170 Å². The first-order valence-corrected chi connectivity index (χ1v) is 22.5. The summed E-state index contributed by atoms with van der Waals surface area (Å²) in [5.41, 5.74) is 18.7.